The van der Waals surface area contributed by atoms with Crippen LogP contribution in [0.5, 0.6) is 0 Å². The van der Waals surface area contributed by atoms with Gasteiger partial charge in [-0.2, -0.15) is 0 Å². The van der Waals surface area contributed by atoms with Crippen LogP contribution in [0.3, 0.4) is 0 Å². The molecule has 5 heteroatoms. The van der Waals surface area contributed by atoms with Crippen LogP contribution in [0.4, 0.5) is 13.6 Å². The summed E-state index contributed by atoms with van der Waals surface area (Å²) in [5.41, 5.74) is 0. The van der Waals surface area contributed by atoms with Gasteiger partial charge in [-0.3, -0.25) is 0 Å². The van der Waals surface area contributed by atoms with Gasteiger partial charge in [0.1, 0.15) is 0 Å². The number of amides is 2. The average Bonchev–Trinajstić information content (AvgIpc) is 2.13. The van der Waals surface area contributed by atoms with Crippen molar-refractivity contribution >= 4 is 6.03 Å². The Kier molecular flexibility index (Phi) is 5.42. The lowest BCUT2D eigenvalue weighted by Crippen LogP contribution is -2.60. The second-order valence-electron chi connectivity index (χ2n) is 2.94. The molecule has 0 aromatic heterocycles. The highest BCUT2D eigenvalue weighted by Gasteiger charge is 2.46. The molecule has 1 aliphatic heterocycles. The number of hydrogen-bond donors (Lipinski definition) is 1. The number of hydrogen-bond acceptors (Lipinski definition) is 1. The quantitative estimate of drug-likeness (QED) is 0.740. The number of nitrogens with one attached hydrogen (secondary N) is 1. The summed E-state index contributed by atoms with van der Waals surface area (Å²) >= 11 is 0. The van der Waals surface area contributed by atoms with E-state index in [0.717, 1.165) is 11.3 Å². The fourth-order valence-electron chi connectivity index (χ4n) is 1.000. The van der Waals surface area contributed by atoms with Crippen molar-refractivity contribution in [1.29, 1.82) is 0 Å². The molecule has 0 atom stereocenters. The molecular formula is C9H18F2N2O. The van der Waals surface area contributed by atoms with E-state index in [0.29, 0.717) is 6.54 Å². The molecule has 0 aliphatic carbocycles. The molecule has 3 nitrogen and oxygen atoms in total. The van der Waals surface area contributed by atoms with Gasteiger partial charge in [0.25, 0.3) is 5.92 Å². The Labute approximate surface area is 83.5 Å². The molecule has 14 heavy (non-hydrogen) atoms. The number of halogens is 2. The van der Waals surface area contributed by atoms with Crippen molar-refractivity contribution in [2.45, 2.75) is 33.1 Å². The number of urea groups is 1. The van der Waals surface area contributed by atoms with E-state index < -0.39 is 19.0 Å². The second-order valence-corrected chi connectivity index (χ2v) is 2.94. The van der Waals surface area contributed by atoms with Gasteiger partial charge < -0.3 is 10.2 Å². The third kappa shape index (κ3) is 3.89. The van der Waals surface area contributed by atoms with E-state index in [2.05, 4.69) is 5.32 Å². The maximum Gasteiger partial charge on any atom is 0.317 e. The van der Waals surface area contributed by atoms with Crippen LogP contribution in [0.25, 0.3) is 0 Å². The molecule has 84 valence electrons. The van der Waals surface area contributed by atoms with Gasteiger partial charge in [-0.25, -0.2) is 13.6 Å². The van der Waals surface area contributed by atoms with E-state index in [1.807, 2.05) is 20.8 Å². The molecule has 0 aromatic rings. The highest BCUT2D eigenvalue weighted by atomic mass is 19.3. The van der Waals surface area contributed by atoms with Crippen molar-refractivity contribution in [2.75, 3.05) is 19.6 Å². The van der Waals surface area contributed by atoms with Crippen molar-refractivity contribution in [2.24, 2.45) is 0 Å². The third-order valence-electron chi connectivity index (χ3n) is 1.66. The summed E-state index contributed by atoms with van der Waals surface area (Å²) in [6, 6.07) is -0.386. The Morgan fingerprint density at radius 2 is 1.93 bits per heavy atom. The van der Waals surface area contributed by atoms with Gasteiger partial charge in [-0.05, 0) is 6.42 Å². The molecule has 0 unspecified atom stereocenters. The van der Waals surface area contributed by atoms with Crippen LogP contribution in [-0.4, -0.2) is 36.5 Å². The molecule has 0 saturated carbocycles. The van der Waals surface area contributed by atoms with Crippen LogP contribution in [0.2, 0.25) is 0 Å². The predicted molar refractivity (Wildman–Crippen MR) is 51.6 cm³/mol. The minimum atomic E-state index is -2.66. The van der Waals surface area contributed by atoms with E-state index in [1.165, 1.54) is 0 Å². The van der Waals surface area contributed by atoms with Gasteiger partial charge in [0, 0.05) is 6.54 Å². The lowest BCUT2D eigenvalue weighted by molar-refractivity contribution is -0.109. The summed E-state index contributed by atoms with van der Waals surface area (Å²) in [4.78, 5) is 12.1. The first-order chi connectivity index (χ1) is 6.55. The molecule has 0 radical (unpaired) electrons. The summed E-state index contributed by atoms with van der Waals surface area (Å²) in [7, 11) is 0. The van der Waals surface area contributed by atoms with Gasteiger partial charge in [-0.15, -0.1) is 0 Å². The first-order valence-corrected chi connectivity index (χ1v) is 4.96. The number of carbonyl (C=O) groups excluding carboxylic acids is 1. The van der Waals surface area contributed by atoms with Crippen molar-refractivity contribution in [3.63, 3.8) is 0 Å². The van der Waals surface area contributed by atoms with Gasteiger partial charge in [0.05, 0.1) is 13.1 Å². The first kappa shape index (κ1) is 13.1. The van der Waals surface area contributed by atoms with E-state index in [-0.39, 0.29) is 6.03 Å². The molecule has 1 rings (SSSR count). The molecule has 1 saturated heterocycles. The fraction of sp³-hybridized carbons (Fsp3) is 0.889. The maximum absolute atomic E-state index is 12.2. The zero-order chi connectivity index (χ0) is 11.2. The SMILES string of the molecule is CC.CCCNC(=O)N1CC(F)(F)C1. The van der Waals surface area contributed by atoms with Crippen LogP contribution in [0.15, 0.2) is 0 Å². The molecule has 0 aromatic carbocycles. The van der Waals surface area contributed by atoms with E-state index in [9.17, 15) is 13.6 Å². The molecule has 1 fully saturated rings. The van der Waals surface area contributed by atoms with Crippen LogP contribution in [0.1, 0.15) is 27.2 Å². The van der Waals surface area contributed by atoms with Gasteiger partial charge in [0.15, 0.2) is 0 Å². The molecular weight excluding hydrogens is 190 g/mol. The molecule has 0 bridgehead atoms. The monoisotopic (exact) mass is 208 g/mol. The van der Waals surface area contributed by atoms with Gasteiger partial charge in [-0.1, -0.05) is 20.8 Å². The highest BCUT2D eigenvalue weighted by molar-refractivity contribution is 5.75. The zero-order valence-corrected chi connectivity index (χ0v) is 8.94. The number of rotatable bonds is 2. The Bertz CT molecular complexity index is 178. The highest BCUT2D eigenvalue weighted by Crippen LogP contribution is 2.26. The third-order valence-corrected chi connectivity index (χ3v) is 1.66. The number of likely N-dealkylation sites (tertiary alicyclic amines) is 1. The first-order valence-electron chi connectivity index (χ1n) is 4.96. The smallest absolute Gasteiger partial charge is 0.317 e. The second kappa shape index (κ2) is 5.78. The Hall–Kier alpha value is -0.870. The summed E-state index contributed by atoms with van der Waals surface area (Å²) in [5, 5.41) is 2.53. The predicted octanol–water partition coefficient (Wildman–Crippen LogP) is 2.08. The minimum Gasteiger partial charge on any atom is -0.338 e. The molecule has 0 spiro atoms. The molecule has 2 amide bonds. The Morgan fingerprint density at radius 1 is 1.43 bits per heavy atom. The summed E-state index contributed by atoms with van der Waals surface area (Å²) in [6.45, 7) is 5.57. The lowest BCUT2D eigenvalue weighted by atomic mass is 10.2. The number of alkyl halides is 2. The maximum atomic E-state index is 12.2. The number of nitrogens with zero attached hydrogens (tertiary/aromatic N) is 1. The van der Waals surface area contributed by atoms with E-state index >= 15 is 0 Å². The average molecular weight is 208 g/mol. The summed E-state index contributed by atoms with van der Waals surface area (Å²) in [5.74, 6) is -2.66. The van der Waals surface area contributed by atoms with Crippen LogP contribution >= 0.6 is 0 Å². The van der Waals surface area contributed by atoms with Crippen molar-refractivity contribution in [3.8, 4) is 0 Å². The normalized spacial score (nSPS) is 17.6. The van der Waals surface area contributed by atoms with E-state index in [1.54, 1.807) is 0 Å². The minimum absolute atomic E-state index is 0.386. The Balaban J connectivity index is 0.000000791. The zero-order valence-electron chi connectivity index (χ0n) is 8.94. The standard InChI is InChI=1S/C7H12F2N2O.C2H6/c1-2-3-10-6(12)11-4-7(8,9)5-11;1-2/h2-5H2,1H3,(H,10,12);1-2H3. The van der Waals surface area contributed by atoms with E-state index in [4.69, 9.17) is 0 Å². The molecule has 1 aliphatic rings. The summed E-state index contributed by atoms with van der Waals surface area (Å²) in [6.07, 6.45) is 0.815. The van der Waals surface area contributed by atoms with Crippen molar-refractivity contribution in [3.05, 3.63) is 0 Å². The van der Waals surface area contributed by atoms with Crippen molar-refractivity contribution < 1.29 is 13.6 Å². The topological polar surface area (TPSA) is 32.3 Å². The fourth-order valence-corrected chi connectivity index (χ4v) is 1.000. The van der Waals surface area contributed by atoms with Crippen molar-refractivity contribution in [1.82, 2.24) is 10.2 Å². The molecule has 1 heterocycles. The number of carbonyl (C=O) groups is 1. The van der Waals surface area contributed by atoms with Crippen LogP contribution < -0.4 is 5.32 Å². The lowest BCUT2D eigenvalue weighted by Gasteiger charge is -2.38. The largest absolute Gasteiger partial charge is 0.338 e. The van der Waals surface area contributed by atoms with Crippen LogP contribution in [0, 0.1) is 0 Å². The summed E-state index contributed by atoms with van der Waals surface area (Å²) < 4.78 is 24.5. The van der Waals surface area contributed by atoms with Gasteiger partial charge in [0.2, 0.25) is 0 Å². The van der Waals surface area contributed by atoms with Crippen LogP contribution in [-0.2, 0) is 0 Å². The van der Waals surface area contributed by atoms with Gasteiger partial charge >= 0.3 is 6.03 Å². The Morgan fingerprint density at radius 3 is 2.29 bits per heavy atom. The molecule has 1 N–H and O–H groups in total.